The highest BCUT2D eigenvalue weighted by Gasteiger charge is 2.44. The topological polar surface area (TPSA) is 135 Å². The van der Waals surface area contributed by atoms with Crippen molar-refractivity contribution in [2.45, 2.75) is 224 Å². The Balaban J connectivity index is 2.27. The first-order valence-electron chi connectivity index (χ1n) is 22.6. The summed E-state index contributed by atoms with van der Waals surface area (Å²) in [6.07, 6.45) is 37.3. The van der Waals surface area contributed by atoms with Crippen molar-refractivity contribution in [2.75, 3.05) is 26.4 Å². The number of allylic oxidation sites excluding steroid dienone is 6. The standard InChI is InChI=1S/C46H84O9/c1-3-5-7-9-11-13-15-17-19-20-21-22-23-25-27-29-31-33-35-42(48)54-40(39-53-46-45(51)44(50)43(49)41(37-47)55-46)38-52-36-34-32-30-28-26-24-18-16-14-12-10-8-6-4-2/h13-16,19-20,40-41,43-47,49-51H,3-12,17-18,21-39H2,1-2H3/b15-13-,16-14-,20-19-. The van der Waals surface area contributed by atoms with Gasteiger partial charge in [-0.15, -0.1) is 0 Å². The number of hydrogen-bond acceptors (Lipinski definition) is 9. The van der Waals surface area contributed by atoms with E-state index in [9.17, 15) is 25.2 Å². The van der Waals surface area contributed by atoms with E-state index in [1.54, 1.807) is 0 Å². The molecule has 1 fully saturated rings. The van der Waals surface area contributed by atoms with Gasteiger partial charge < -0.3 is 39.4 Å². The summed E-state index contributed by atoms with van der Waals surface area (Å²) in [5, 5.41) is 40.1. The molecule has 4 N–H and O–H groups in total. The molecule has 322 valence electrons. The van der Waals surface area contributed by atoms with E-state index in [-0.39, 0.29) is 19.2 Å². The van der Waals surface area contributed by atoms with Gasteiger partial charge >= 0.3 is 5.97 Å². The van der Waals surface area contributed by atoms with Crippen LogP contribution in [0.15, 0.2) is 36.5 Å². The van der Waals surface area contributed by atoms with Gasteiger partial charge in [-0.2, -0.15) is 0 Å². The minimum atomic E-state index is -1.54. The van der Waals surface area contributed by atoms with E-state index in [2.05, 4.69) is 50.3 Å². The monoisotopic (exact) mass is 781 g/mol. The molecule has 0 aromatic carbocycles. The zero-order chi connectivity index (χ0) is 40.0. The lowest BCUT2D eigenvalue weighted by Crippen LogP contribution is -2.59. The number of carbonyl (C=O) groups is 1. The summed E-state index contributed by atoms with van der Waals surface area (Å²) in [5.74, 6) is -0.324. The van der Waals surface area contributed by atoms with E-state index in [4.69, 9.17) is 18.9 Å². The minimum absolute atomic E-state index is 0.118. The SMILES string of the molecule is CCCCCC/C=C\C/C=C\CCCCCCCCCC(=O)OC(COCCCCCCCC/C=C\CCCCCC)COC1OC(CO)C(O)C(O)C1O. The number of aliphatic hydroxyl groups is 4. The molecule has 0 radical (unpaired) electrons. The molecule has 0 aromatic rings. The summed E-state index contributed by atoms with van der Waals surface area (Å²) in [7, 11) is 0. The van der Waals surface area contributed by atoms with Crippen molar-refractivity contribution < 1.29 is 44.2 Å². The number of ether oxygens (including phenoxy) is 4. The molecule has 1 aliphatic heterocycles. The Labute approximate surface area is 336 Å². The molecule has 1 aliphatic rings. The van der Waals surface area contributed by atoms with Gasteiger partial charge in [-0.1, -0.05) is 147 Å². The van der Waals surface area contributed by atoms with Crippen molar-refractivity contribution in [3.05, 3.63) is 36.5 Å². The number of esters is 1. The summed E-state index contributed by atoms with van der Waals surface area (Å²) in [6.45, 7) is 4.51. The Kier molecular flexibility index (Phi) is 35.5. The number of hydrogen-bond donors (Lipinski definition) is 4. The average molecular weight is 781 g/mol. The third-order valence-corrected chi connectivity index (χ3v) is 10.3. The summed E-state index contributed by atoms with van der Waals surface area (Å²) in [6, 6.07) is 0. The maximum absolute atomic E-state index is 12.8. The van der Waals surface area contributed by atoms with Crippen molar-refractivity contribution >= 4 is 5.97 Å². The molecule has 0 amide bonds. The molecule has 0 aromatic heterocycles. The Bertz CT molecular complexity index is 936. The Hall–Kier alpha value is -1.59. The first kappa shape index (κ1) is 51.4. The maximum Gasteiger partial charge on any atom is 0.306 e. The van der Waals surface area contributed by atoms with Crippen molar-refractivity contribution in [1.82, 2.24) is 0 Å². The van der Waals surface area contributed by atoms with Gasteiger partial charge in [-0.3, -0.25) is 4.79 Å². The first-order valence-corrected chi connectivity index (χ1v) is 22.6. The van der Waals surface area contributed by atoms with Crippen LogP contribution in [0.1, 0.15) is 187 Å². The molecule has 9 nitrogen and oxygen atoms in total. The van der Waals surface area contributed by atoms with E-state index in [1.165, 1.54) is 116 Å². The lowest BCUT2D eigenvalue weighted by Gasteiger charge is -2.39. The van der Waals surface area contributed by atoms with Crippen LogP contribution in [0.4, 0.5) is 0 Å². The quantitative estimate of drug-likeness (QED) is 0.0274. The molecular formula is C46H84O9. The van der Waals surface area contributed by atoms with Crippen LogP contribution in [0.5, 0.6) is 0 Å². The van der Waals surface area contributed by atoms with E-state index >= 15 is 0 Å². The molecule has 6 unspecified atom stereocenters. The molecule has 1 saturated heterocycles. The van der Waals surface area contributed by atoms with Crippen LogP contribution >= 0.6 is 0 Å². The summed E-state index contributed by atoms with van der Waals surface area (Å²) >= 11 is 0. The van der Waals surface area contributed by atoms with Crippen molar-refractivity contribution in [3.63, 3.8) is 0 Å². The number of unbranched alkanes of at least 4 members (excludes halogenated alkanes) is 21. The molecule has 9 heteroatoms. The Morgan fingerprint density at radius 2 is 1.05 bits per heavy atom. The van der Waals surface area contributed by atoms with Crippen LogP contribution in [0, 0.1) is 0 Å². The minimum Gasteiger partial charge on any atom is -0.457 e. The number of carbonyl (C=O) groups excluding carboxylic acids is 1. The molecular weight excluding hydrogens is 696 g/mol. The van der Waals surface area contributed by atoms with Gasteiger partial charge in [-0.05, 0) is 70.6 Å². The molecule has 1 rings (SSSR count). The van der Waals surface area contributed by atoms with Crippen LogP contribution in [0.25, 0.3) is 0 Å². The summed E-state index contributed by atoms with van der Waals surface area (Å²) in [5.41, 5.74) is 0. The Morgan fingerprint density at radius 3 is 1.58 bits per heavy atom. The first-order chi connectivity index (χ1) is 26.9. The van der Waals surface area contributed by atoms with Gasteiger partial charge in [0, 0.05) is 13.0 Å². The molecule has 1 heterocycles. The third-order valence-electron chi connectivity index (χ3n) is 10.3. The van der Waals surface area contributed by atoms with Crippen LogP contribution in [-0.4, -0.2) is 89.6 Å². The van der Waals surface area contributed by atoms with Crippen LogP contribution in [0.3, 0.4) is 0 Å². The van der Waals surface area contributed by atoms with E-state index in [0.29, 0.717) is 13.0 Å². The predicted molar refractivity (Wildman–Crippen MR) is 224 cm³/mol. The molecule has 0 spiro atoms. The lowest BCUT2D eigenvalue weighted by atomic mass is 9.99. The second kappa shape index (κ2) is 38.0. The van der Waals surface area contributed by atoms with Crippen molar-refractivity contribution in [2.24, 2.45) is 0 Å². The second-order valence-electron chi connectivity index (χ2n) is 15.5. The summed E-state index contributed by atoms with van der Waals surface area (Å²) < 4.78 is 22.8. The normalized spacial score (nSPS) is 21.0. The summed E-state index contributed by atoms with van der Waals surface area (Å²) in [4.78, 5) is 12.8. The van der Waals surface area contributed by atoms with E-state index in [0.717, 1.165) is 51.4 Å². The fourth-order valence-electron chi connectivity index (χ4n) is 6.69. The van der Waals surface area contributed by atoms with Crippen molar-refractivity contribution in [1.29, 1.82) is 0 Å². The molecule has 55 heavy (non-hydrogen) atoms. The van der Waals surface area contributed by atoms with Crippen LogP contribution in [0.2, 0.25) is 0 Å². The molecule has 0 saturated carbocycles. The van der Waals surface area contributed by atoms with Crippen molar-refractivity contribution in [3.8, 4) is 0 Å². The van der Waals surface area contributed by atoms with Gasteiger partial charge in [0.15, 0.2) is 6.29 Å². The van der Waals surface area contributed by atoms with Gasteiger partial charge in [-0.25, -0.2) is 0 Å². The smallest absolute Gasteiger partial charge is 0.306 e. The highest BCUT2D eigenvalue weighted by Crippen LogP contribution is 2.22. The van der Waals surface area contributed by atoms with Gasteiger partial charge in [0.25, 0.3) is 0 Å². The Morgan fingerprint density at radius 1 is 0.582 bits per heavy atom. The molecule has 6 atom stereocenters. The van der Waals surface area contributed by atoms with Gasteiger partial charge in [0.1, 0.15) is 30.5 Å². The fourth-order valence-corrected chi connectivity index (χ4v) is 6.69. The van der Waals surface area contributed by atoms with Crippen LogP contribution in [-0.2, 0) is 23.7 Å². The van der Waals surface area contributed by atoms with E-state index in [1.807, 2.05) is 0 Å². The fraction of sp³-hybridized carbons (Fsp3) is 0.848. The van der Waals surface area contributed by atoms with E-state index < -0.39 is 43.4 Å². The second-order valence-corrected chi connectivity index (χ2v) is 15.5. The largest absolute Gasteiger partial charge is 0.457 e. The zero-order valence-electron chi connectivity index (χ0n) is 35.2. The third kappa shape index (κ3) is 29.3. The highest BCUT2D eigenvalue weighted by atomic mass is 16.7. The van der Waals surface area contributed by atoms with Crippen LogP contribution < -0.4 is 0 Å². The molecule has 0 aliphatic carbocycles. The average Bonchev–Trinajstić information content (AvgIpc) is 3.18. The number of aliphatic hydroxyl groups excluding tert-OH is 4. The van der Waals surface area contributed by atoms with Gasteiger partial charge in [0.05, 0.1) is 19.8 Å². The zero-order valence-corrected chi connectivity index (χ0v) is 35.2. The van der Waals surface area contributed by atoms with Gasteiger partial charge in [0.2, 0.25) is 0 Å². The maximum atomic E-state index is 12.8. The molecule has 0 bridgehead atoms. The highest BCUT2D eigenvalue weighted by molar-refractivity contribution is 5.69. The lowest BCUT2D eigenvalue weighted by molar-refractivity contribution is -0.305. The predicted octanol–water partition coefficient (Wildman–Crippen LogP) is 9.97. The number of rotatable bonds is 38.